The van der Waals surface area contributed by atoms with Crippen molar-refractivity contribution < 1.29 is 23.0 Å². The monoisotopic (exact) mass is 192 g/mol. The first-order chi connectivity index (χ1) is 5.90. The minimum absolute atomic E-state index is 0.335. The number of ether oxygens (including phenoxy) is 1. The maximum atomic E-state index is 11.7. The summed E-state index contributed by atoms with van der Waals surface area (Å²) in [5, 5.41) is 9.14. The molecule has 0 atom stereocenters. The number of phenols is 1. The van der Waals surface area contributed by atoms with Gasteiger partial charge in [-0.15, -0.1) is 13.2 Å². The summed E-state index contributed by atoms with van der Waals surface area (Å²) in [6.45, 7) is 1.48. The van der Waals surface area contributed by atoms with Crippen LogP contribution in [0.3, 0.4) is 0 Å². The van der Waals surface area contributed by atoms with Crippen molar-refractivity contribution in [1.29, 1.82) is 0 Å². The summed E-state index contributed by atoms with van der Waals surface area (Å²) < 4.78 is 38.7. The van der Waals surface area contributed by atoms with Crippen molar-refractivity contribution >= 4 is 0 Å². The van der Waals surface area contributed by atoms with Crippen LogP contribution in [0.4, 0.5) is 13.2 Å². The van der Waals surface area contributed by atoms with Gasteiger partial charge in [-0.05, 0) is 18.6 Å². The van der Waals surface area contributed by atoms with E-state index in [0.717, 1.165) is 6.07 Å². The predicted octanol–water partition coefficient (Wildman–Crippen LogP) is 2.60. The normalized spacial score (nSPS) is 11.4. The van der Waals surface area contributed by atoms with E-state index in [1.54, 1.807) is 0 Å². The van der Waals surface area contributed by atoms with Gasteiger partial charge in [0.05, 0.1) is 0 Å². The molecule has 1 aromatic rings. The van der Waals surface area contributed by atoms with Crippen molar-refractivity contribution in [2.45, 2.75) is 13.3 Å². The van der Waals surface area contributed by atoms with Crippen LogP contribution in [0.25, 0.3) is 0 Å². The van der Waals surface area contributed by atoms with Crippen molar-refractivity contribution in [3.8, 4) is 11.5 Å². The number of alkyl halides is 3. The molecule has 0 aliphatic heterocycles. The van der Waals surface area contributed by atoms with Crippen molar-refractivity contribution in [1.82, 2.24) is 0 Å². The molecule has 13 heavy (non-hydrogen) atoms. The Balaban J connectivity index is 2.96. The van der Waals surface area contributed by atoms with E-state index in [-0.39, 0.29) is 0 Å². The second-order valence-electron chi connectivity index (χ2n) is 2.47. The van der Waals surface area contributed by atoms with Crippen LogP contribution < -0.4 is 4.74 Å². The number of aromatic hydroxyl groups is 1. The number of aryl methyl sites for hydroxylation is 1. The van der Waals surface area contributed by atoms with Crippen LogP contribution in [0.5, 0.6) is 11.5 Å². The molecule has 72 valence electrons. The first-order valence-electron chi connectivity index (χ1n) is 3.44. The van der Waals surface area contributed by atoms with Crippen LogP contribution >= 0.6 is 0 Å². The predicted molar refractivity (Wildman–Crippen MR) is 39.5 cm³/mol. The molecule has 0 amide bonds. The van der Waals surface area contributed by atoms with Gasteiger partial charge in [-0.1, -0.05) is 12.1 Å². The van der Waals surface area contributed by atoms with Crippen LogP contribution in [0.1, 0.15) is 5.56 Å². The lowest BCUT2D eigenvalue weighted by Gasteiger charge is -2.10. The molecule has 0 aliphatic carbocycles. The Bertz CT molecular complexity index is 307. The second-order valence-corrected chi connectivity index (χ2v) is 2.47. The van der Waals surface area contributed by atoms with E-state index in [0.29, 0.717) is 5.56 Å². The molecular formula is C8H7F3O2. The zero-order chi connectivity index (χ0) is 10.1. The Morgan fingerprint density at radius 3 is 2.46 bits per heavy atom. The lowest BCUT2D eigenvalue weighted by Crippen LogP contribution is -2.17. The van der Waals surface area contributed by atoms with Crippen molar-refractivity contribution in [3.05, 3.63) is 23.8 Å². The SMILES string of the molecule is Cc1cccc(OC(F)(F)F)c1O. The van der Waals surface area contributed by atoms with E-state index in [4.69, 9.17) is 5.11 Å². The van der Waals surface area contributed by atoms with E-state index in [2.05, 4.69) is 4.74 Å². The molecule has 1 N–H and O–H groups in total. The first-order valence-corrected chi connectivity index (χ1v) is 3.44. The minimum atomic E-state index is -4.77. The Labute approximate surface area is 72.6 Å². The highest BCUT2D eigenvalue weighted by molar-refractivity contribution is 5.44. The fourth-order valence-corrected chi connectivity index (χ4v) is 0.839. The van der Waals surface area contributed by atoms with E-state index in [9.17, 15) is 13.2 Å². The lowest BCUT2D eigenvalue weighted by atomic mass is 10.2. The highest BCUT2D eigenvalue weighted by Gasteiger charge is 2.32. The largest absolute Gasteiger partial charge is 0.573 e. The van der Waals surface area contributed by atoms with Crippen LogP contribution in [0.2, 0.25) is 0 Å². The average molecular weight is 192 g/mol. The van der Waals surface area contributed by atoms with E-state index >= 15 is 0 Å². The molecule has 0 unspecified atom stereocenters. The molecule has 1 aromatic carbocycles. The maximum Gasteiger partial charge on any atom is 0.573 e. The molecule has 0 saturated carbocycles. The number of rotatable bonds is 1. The Morgan fingerprint density at radius 2 is 1.92 bits per heavy atom. The topological polar surface area (TPSA) is 29.5 Å². The molecule has 0 aromatic heterocycles. The van der Waals surface area contributed by atoms with Gasteiger partial charge >= 0.3 is 6.36 Å². The molecule has 0 saturated heterocycles. The number of benzene rings is 1. The Hall–Kier alpha value is -1.39. The zero-order valence-electron chi connectivity index (χ0n) is 6.72. The molecule has 2 nitrogen and oxygen atoms in total. The Kier molecular flexibility index (Phi) is 2.36. The van der Waals surface area contributed by atoms with E-state index < -0.39 is 17.9 Å². The molecule has 0 heterocycles. The number of para-hydroxylation sites is 1. The maximum absolute atomic E-state index is 11.7. The fourth-order valence-electron chi connectivity index (χ4n) is 0.839. The summed E-state index contributed by atoms with van der Waals surface area (Å²) in [5.74, 6) is -1.06. The smallest absolute Gasteiger partial charge is 0.504 e. The second kappa shape index (κ2) is 3.16. The van der Waals surface area contributed by atoms with E-state index in [1.165, 1.54) is 19.1 Å². The third kappa shape index (κ3) is 2.54. The van der Waals surface area contributed by atoms with Gasteiger partial charge in [0.25, 0.3) is 0 Å². The molecule has 0 fully saturated rings. The summed E-state index contributed by atoms with van der Waals surface area (Å²) in [6, 6.07) is 3.91. The van der Waals surface area contributed by atoms with Gasteiger partial charge in [0.2, 0.25) is 0 Å². The van der Waals surface area contributed by atoms with Crippen molar-refractivity contribution in [3.63, 3.8) is 0 Å². The van der Waals surface area contributed by atoms with Crippen molar-refractivity contribution in [2.75, 3.05) is 0 Å². The van der Waals surface area contributed by atoms with Gasteiger partial charge in [-0.3, -0.25) is 0 Å². The summed E-state index contributed by atoms with van der Waals surface area (Å²) in [5.41, 5.74) is 0.335. The third-order valence-corrected chi connectivity index (χ3v) is 1.43. The summed E-state index contributed by atoms with van der Waals surface area (Å²) in [7, 11) is 0. The molecule has 0 bridgehead atoms. The molecule has 1 rings (SSSR count). The van der Waals surface area contributed by atoms with Crippen molar-refractivity contribution in [2.24, 2.45) is 0 Å². The minimum Gasteiger partial charge on any atom is -0.504 e. The first kappa shape index (κ1) is 9.70. The third-order valence-electron chi connectivity index (χ3n) is 1.43. The molecule has 5 heteroatoms. The van der Waals surface area contributed by atoms with Gasteiger partial charge in [0, 0.05) is 0 Å². The standard InChI is InChI=1S/C8H7F3O2/c1-5-3-2-4-6(7(5)12)13-8(9,10)11/h2-4,12H,1H3. The van der Waals surface area contributed by atoms with Crippen LogP contribution in [0.15, 0.2) is 18.2 Å². The fraction of sp³-hybridized carbons (Fsp3) is 0.250. The van der Waals surface area contributed by atoms with Gasteiger partial charge in [0.1, 0.15) is 0 Å². The Morgan fingerprint density at radius 1 is 1.31 bits per heavy atom. The van der Waals surface area contributed by atoms with Crippen LogP contribution in [0, 0.1) is 6.92 Å². The number of hydrogen-bond acceptors (Lipinski definition) is 2. The van der Waals surface area contributed by atoms with Gasteiger partial charge in [-0.25, -0.2) is 0 Å². The molecule has 0 spiro atoms. The highest BCUT2D eigenvalue weighted by Crippen LogP contribution is 2.33. The summed E-state index contributed by atoms with van der Waals surface area (Å²) in [6.07, 6.45) is -4.77. The lowest BCUT2D eigenvalue weighted by molar-refractivity contribution is -0.275. The van der Waals surface area contributed by atoms with Crippen LogP contribution in [-0.2, 0) is 0 Å². The van der Waals surface area contributed by atoms with Gasteiger partial charge in [-0.2, -0.15) is 0 Å². The molecule has 0 aliphatic rings. The van der Waals surface area contributed by atoms with Crippen LogP contribution in [-0.4, -0.2) is 11.5 Å². The van der Waals surface area contributed by atoms with Gasteiger partial charge < -0.3 is 9.84 Å². The van der Waals surface area contributed by atoms with Gasteiger partial charge in [0.15, 0.2) is 11.5 Å². The number of phenolic OH excluding ortho intramolecular Hbond substituents is 1. The van der Waals surface area contributed by atoms with E-state index in [1.807, 2.05) is 0 Å². The average Bonchev–Trinajstić information content (AvgIpc) is 1.96. The highest BCUT2D eigenvalue weighted by atomic mass is 19.4. The quantitative estimate of drug-likeness (QED) is 0.741. The molecule has 0 radical (unpaired) electrons. The summed E-state index contributed by atoms with van der Waals surface area (Å²) in [4.78, 5) is 0. The zero-order valence-corrected chi connectivity index (χ0v) is 6.72. The number of hydrogen-bond donors (Lipinski definition) is 1. The number of halogens is 3. The molecular weight excluding hydrogens is 185 g/mol. The summed E-state index contributed by atoms with van der Waals surface area (Å²) >= 11 is 0.